The molecule has 0 spiro atoms. The van der Waals surface area contributed by atoms with Crippen LogP contribution >= 0.6 is 0 Å². The Bertz CT molecular complexity index is 2830. The van der Waals surface area contributed by atoms with Crippen LogP contribution in [-0.4, -0.2) is 287 Å². The number of carboxylic acid groups (broad SMARTS) is 1. The second kappa shape index (κ2) is 28.7. The van der Waals surface area contributed by atoms with Gasteiger partial charge in [0.2, 0.25) is 6.29 Å². The van der Waals surface area contributed by atoms with E-state index in [1.54, 1.807) is 20.8 Å². The molecule has 10 rings (SSSR count). The lowest BCUT2D eigenvalue weighted by atomic mass is 9.33. The maximum atomic E-state index is 16.2. The van der Waals surface area contributed by atoms with Crippen LogP contribution in [0.2, 0.25) is 0 Å². The zero-order valence-electron chi connectivity index (χ0n) is 56.5. The third kappa shape index (κ3) is 12.9. The molecule has 0 amide bonds. The third-order valence-corrected chi connectivity index (χ3v) is 25.3. The summed E-state index contributed by atoms with van der Waals surface area (Å²) >= 11 is 0. The van der Waals surface area contributed by atoms with Gasteiger partial charge in [0.1, 0.15) is 91.6 Å². The van der Waals surface area contributed by atoms with E-state index in [1.165, 1.54) is 21.0 Å². The minimum absolute atomic E-state index is 0.0911. The molecule has 5 heterocycles. The van der Waals surface area contributed by atoms with Gasteiger partial charge in [0.05, 0.1) is 62.0 Å². The van der Waals surface area contributed by atoms with Crippen LogP contribution in [0, 0.1) is 56.2 Å². The van der Waals surface area contributed by atoms with Crippen molar-refractivity contribution in [2.45, 2.75) is 293 Å². The van der Waals surface area contributed by atoms with Gasteiger partial charge in [-0.15, -0.1) is 0 Å². The van der Waals surface area contributed by atoms with Gasteiger partial charge in [-0.05, 0) is 125 Å². The maximum Gasteiger partial charge on any atom is 0.335 e. The van der Waals surface area contributed by atoms with Crippen LogP contribution in [0.25, 0.3) is 0 Å². The SMILES string of the molecule is CCC(C)C(=O)OC1C(C)OC(OC(=O)C23CCC(C)(C(=O)OC)CC2C2=CCC4C5(C)CCC(OC6OC(C(=O)O)C(O)C(O)C6OC6OC(CO)C(O)C(O)C6O)C(C)(CO)C5CCC4(C)C2(C)CC3)C(OC2OC(C)C(O)C(O)C2O)C1OC1OC(CO)C(O)C(O)C1O. The topological polar surface area (TPSA) is 482 Å². The Morgan fingerprint density at radius 2 is 1.11 bits per heavy atom. The predicted molar refractivity (Wildman–Crippen MR) is 324 cm³/mol. The Hall–Kier alpha value is -3.30. The number of rotatable bonds is 18. The fourth-order valence-electron chi connectivity index (χ4n) is 18.7. The number of hydrogen-bond donors (Lipinski definition) is 15. The van der Waals surface area contributed by atoms with Crippen molar-refractivity contribution in [3.8, 4) is 0 Å². The predicted octanol–water partition coefficient (Wildman–Crippen LogP) is -2.34. The zero-order chi connectivity index (χ0) is 71.3. The van der Waals surface area contributed by atoms with Crippen molar-refractivity contribution in [3.63, 3.8) is 0 Å². The maximum absolute atomic E-state index is 16.2. The first-order valence-corrected chi connectivity index (χ1v) is 34.2. The molecule has 31 nitrogen and oxygen atoms in total. The summed E-state index contributed by atoms with van der Waals surface area (Å²) in [5, 5.41) is 163. The lowest BCUT2D eigenvalue weighted by Gasteiger charge is -2.71. The molecule has 0 radical (unpaired) electrons. The lowest BCUT2D eigenvalue weighted by molar-refractivity contribution is -0.385. The van der Waals surface area contributed by atoms with Gasteiger partial charge in [-0.2, -0.15) is 0 Å². The summed E-state index contributed by atoms with van der Waals surface area (Å²) in [5.41, 5.74) is -4.57. The van der Waals surface area contributed by atoms with Gasteiger partial charge < -0.3 is 133 Å². The fourth-order valence-corrected chi connectivity index (χ4v) is 18.7. The molecule has 15 N–H and O–H groups in total. The van der Waals surface area contributed by atoms with Crippen LogP contribution in [-0.2, 0) is 76.0 Å². The smallest absolute Gasteiger partial charge is 0.335 e. The van der Waals surface area contributed by atoms with E-state index >= 15 is 4.79 Å². The van der Waals surface area contributed by atoms with Gasteiger partial charge in [-0.3, -0.25) is 14.4 Å². The molecule has 9 fully saturated rings. The van der Waals surface area contributed by atoms with Crippen LogP contribution in [0.5, 0.6) is 0 Å². The highest BCUT2D eigenvalue weighted by molar-refractivity contribution is 5.81. The van der Waals surface area contributed by atoms with Crippen molar-refractivity contribution in [3.05, 3.63) is 11.6 Å². The van der Waals surface area contributed by atoms with Gasteiger partial charge >= 0.3 is 23.9 Å². The second-order valence-electron chi connectivity index (χ2n) is 30.5. The number of allylic oxidation sites excluding steroid dienone is 2. The fraction of sp³-hybridized carbons (Fsp3) is 0.909. The molecule has 5 aliphatic heterocycles. The van der Waals surface area contributed by atoms with E-state index in [4.69, 9.17) is 56.8 Å². The molecule has 0 bridgehead atoms. The molecule has 31 heteroatoms. The molecule has 10 aliphatic rings. The molecule has 0 aromatic carbocycles. The Balaban J connectivity index is 0.979. The number of aliphatic hydroxyl groups is 14. The van der Waals surface area contributed by atoms with E-state index < -0.39 is 248 Å². The number of carbonyl (C=O) groups excluding carboxylic acids is 3. The normalized spacial score (nSPS) is 51.8. The number of fused-ring (bicyclic) bond motifs is 7. The number of carboxylic acids is 1. The van der Waals surface area contributed by atoms with Crippen molar-refractivity contribution < 1.29 is 153 Å². The first-order chi connectivity index (χ1) is 45.5. The van der Waals surface area contributed by atoms with Crippen LogP contribution in [0.3, 0.4) is 0 Å². The molecule has 4 saturated carbocycles. The van der Waals surface area contributed by atoms with Crippen LogP contribution in [0.4, 0.5) is 0 Å². The molecule has 554 valence electrons. The third-order valence-electron chi connectivity index (χ3n) is 25.3. The highest BCUT2D eigenvalue weighted by atomic mass is 16.8. The van der Waals surface area contributed by atoms with E-state index in [1.807, 2.05) is 6.92 Å². The number of aliphatic carboxylic acids is 1. The minimum atomic E-state index is -2.10. The number of methoxy groups -OCH3 is 1. The molecular formula is C66H104O31. The summed E-state index contributed by atoms with van der Waals surface area (Å²) in [6.45, 7) is 14.4. The Morgan fingerprint density at radius 1 is 0.557 bits per heavy atom. The van der Waals surface area contributed by atoms with Crippen LogP contribution in [0.1, 0.15) is 133 Å². The number of aliphatic hydroxyl groups excluding tert-OH is 14. The minimum Gasteiger partial charge on any atom is -0.479 e. The summed E-state index contributed by atoms with van der Waals surface area (Å²) in [6.07, 6.45) is -40.0. The Labute approximate surface area is 562 Å². The van der Waals surface area contributed by atoms with Crippen LogP contribution < -0.4 is 0 Å². The number of carbonyl (C=O) groups is 4. The monoisotopic (exact) mass is 1390 g/mol. The lowest BCUT2D eigenvalue weighted by Crippen LogP contribution is -2.68. The number of ether oxygens (including phenoxy) is 12. The summed E-state index contributed by atoms with van der Waals surface area (Å²) in [7, 11) is 1.30. The highest BCUT2D eigenvalue weighted by Gasteiger charge is 2.72. The van der Waals surface area contributed by atoms with Crippen molar-refractivity contribution in [2.75, 3.05) is 26.9 Å². The van der Waals surface area contributed by atoms with E-state index in [-0.39, 0.29) is 43.9 Å². The summed E-state index contributed by atoms with van der Waals surface area (Å²) in [4.78, 5) is 56.6. The summed E-state index contributed by atoms with van der Waals surface area (Å²) < 4.78 is 73.6. The molecule has 5 saturated heterocycles. The Morgan fingerprint density at radius 3 is 1.68 bits per heavy atom. The standard InChI is InChI=1S/C66H104O31/c1-11-26(2)53(83)92-47-28(4)88-58(51(96-54-44(78)39(73)36(70)27(3)87-54)50(47)95-56-46(80)41(75)38(72)32(24-68)90-56)97-60(85)66-20-18-61(5,59(84)86-10)22-30(66)29-12-13-34-62(6)16-15-35(63(7,25-69)33(62)14-17-65(34,9)64(29,8)19-21-66)91-57-49(43(77)42(76)48(93-57)52(81)82)94-55-45(79)40(74)37(71)31(23-67)89-55/h12,26-28,30-51,54-58,67-80H,11,13-25H2,1-10H3,(H,81,82). The average molecular weight is 1390 g/mol. The molecule has 5 aliphatic carbocycles. The van der Waals surface area contributed by atoms with Crippen molar-refractivity contribution in [2.24, 2.45) is 56.2 Å². The Kier molecular flexibility index (Phi) is 22.6. The molecule has 0 aromatic rings. The number of hydrogen-bond acceptors (Lipinski definition) is 30. The molecule has 97 heavy (non-hydrogen) atoms. The van der Waals surface area contributed by atoms with Gasteiger partial charge in [-0.25, -0.2) is 4.79 Å². The molecule has 36 unspecified atom stereocenters. The van der Waals surface area contributed by atoms with Gasteiger partial charge in [0, 0.05) is 5.41 Å². The van der Waals surface area contributed by atoms with E-state index in [0.717, 1.165) is 5.57 Å². The van der Waals surface area contributed by atoms with E-state index in [2.05, 4.69) is 26.8 Å². The van der Waals surface area contributed by atoms with Crippen molar-refractivity contribution >= 4 is 23.9 Å². The zero-order valence-corrected chi connectivity index (χ0v) is 56.5. The summed E-state index contributed by atoms with van der Waals surface area (Å²) in [6, 6.07) is 0. The second-order valence-corrected chi connectivity index (χ2v) is 30.5. The first-order valence-electron chi connectivity index (χ1n) is 34.2. The van der Waals surface area contributed by atoms with Crippen LogP contribution in [0.15, 0.2) is 11.6 Å². The number of esters is 3. The molecule has 36 atom stereocenters. The van der Waals surface area contributed by atoms with Crippen molar-refractivity contribution in [1.29, 1.82) is 0 Å². The van der Waals surface area contributed by atoms with Gasteiger partial charge in [0.25, 0.3) is 0 Å². The van der Waals surface area contributed by atoms with Gasteiger partial charge in [0.15, 0.2) is 43.5 Å². The quantitative estimate of drug-likeness (QED) is 0.0296. The summed E-state index contributed by atoms with van der Waals surface area (Å²) in [5.74, 6) is -5.53. The van der Waals surface area contributed by atoms with E-state index in [9.17, 15) is 91.0 Å². The first kappa shape index (κ1) is 76.3. The highest BCUT2D eigenvalue weighted by Crippen LogP contribution is 2.76. The largest absolute Gasteiger partial charge is 0.479 e. The van der Waals surface area contributed by atoms with Crippen molar-refractivity contribution in [1.82, 2.24) is 0 Å². The molecule has 0 aromatic heterocycles. The molecular weight excluding hydrogens is 1290 g/mol. The van der Waals surface area contributed by atoms with E-state index in [0.29, 0.717) is 38.5 Å². The van der Waals surface area contributed by atoms with Gasteiger partial charge in [-0.1, -0.05) is 53.2 Å². The average Bonchev–Trinajstić information content (AvgIpc) is 0.674.